The average Bonchev–Trinajstić information content (AvgIpc) is 3.72. The van der Waals surface area contributed by atoms with Gasteiger partial charge in [0.2, 0.25) is 0 Å². The minimum absolute atomic E-state index is 0.0832. The Bertz CT molecular complexity index is 1590. The van der Waals surface area contributed by atoms with Gasteiger partial charge in [0.15, 0.2) is 11.5 Å². The van der Waals surface area contributed by atoms with Gasteiger partial charge >= 0.3 is 5.97 Å². The highest BCUT2D eigenvalue weighted by Gasteiger charge is 2.68. The number of nitrogens with two attached hydrogens (primary N) is 1. The first-order valence-electron chi connectivity index (χ1n) is 15.3. The Morgan fingerprint density at radius 3 is 2.82 bits per heavy atom. The van der Waals surface area contributed by atoms with Crippen LogP contribution in [0.3, 0.4) is 0 Å². The molecule has 3 N–H and O–H groups in total. The number of aliphatic hydroxyl groups is 1. The maximum Gasteiger partial charge on any atom is 0.328 e. The van der Waals surface area contributed by atoms with Crippen molar-refractivity contribution in [2.45, 2.75) is 91.9 Å². The predicted octanol–water partition coefficient (Wildman–Crippen LogP) is 3.08. The third kappa shape index (κ3) is 4.71. The van der Waals surface area contributed by atoms with Crippen molar-refractivity contribution in [3.8, 4) is 0 Å². The highest BCUT2D eigenvalue weighted by molar-refractivity contribution is 5.86. The van der Waals surface area contributed by atoms with Crippen LogP contribution in [0.2, 0.25) is 0 Å². The van der Waals surface area contributed by atoms with Gasteiger partial charge in [-0.25, -0.2) is 19.6 Å². The van der Waals surface area contributed by atoms with E-state index in [-0.39, 0.29) is 48.8 Å². The Morgan fingerprint density at radius 1 is 1.25 bits per heavy atom. The van der Waals surface area contributed by atoms with E-state index in [0.29, 0.717) is 35.5 Å². The van der Waals surface area contributed by atoms with E-state index >= 15 is 0 Å². The molecule has 3 aliphatic rings. The van der Waals surface area contributed by atoms with Gasteiger partial charge in [-0.1, -0.05) is 39.0 Å². The number of esters is 1. The third-order valence-corrected chi connectivity index (χ3v) is 11.4. The summed E-state index contributed by atoms with van der Waals surface area (Å²) in [6.07, 6.45) is 8.52. The molecule has 3 aromatic heterocycles. The van der Waals surface area contributed by atoms with Crippen LogP contribution in [0, 0.1) is 34.0 Å². The first kappa shape index (κ1) is 30.3. The number of fused-ring (bicyclic) bond motifs is 1. The first-order valence-corrected chi connectivity index (χ1v) is 15.3. The van der Waals surface area contributed by atoms with E-state index in [0.717, 1.165) is 19.3 Å². The lowest BCUT2D eigenvalue weighted by atomic mass is 9.44. The van der Waals surface area contributed by atoms with Crippen molar-refractivity contribution in [2.75, 3.05) is 5.73 Å². The van der Waals surface area contributed by atoms with Gasteiger partial charge in [-0.2, -0.15) is 0 Å². The van der Waals surface area contributed by atoms with Crippen LogP contribution >= 0.6 is 0 Å². The van der Waals surface area contributed by atoms with Crippen molar-refractivity contribution in [1.29, 1.82) is 0 Å². The molecule has 13 heteroatoms. The number of carbonyl (C=O) groups excluding carboxylic acids is 2. The molecule has 3 saturated carbocycles. The molecule has 236 valence electrons. The van der Waals surface area contributed by atoms with Crippen LogP contribution in [0.1, 0.15) is 65.5 Å². The molecule has 0 spiro atoms. The van der Waals surface area contributed by atoms with E-state index in [4.69, 9.17) is 15.2 Å². The number of anilines is 1. The van der Waals surface area contributed by atoms with Crippen molar-refractivity contribution >= 4 is 28.7 Å². The summed E-state index contributed by atoms with van der Waals surface area (Å²) >= 11 is 0. The van der Waals surface area contributed by atoms with Crippen molar-refractivity contribution in [3.63, 3.8) is 0 Å². The number of hydrogen-bond donors (Lipinski definition) is 2. The Kier molecular flexibility index (Phi) is 7.60. The van der Waals surface area contributed by atoms with Crippen molar-refractivity contribution in [3.05, 3.63) is 37.2 Å². The zero-order chi connectivity index (χ0) is 31.4. The van der Waals surface area contributed by atoms with Gasteiger partial charge in [0, 0.05) is 23.2 Å². The van der Waals surface area contributed by atoms with Gasteiger partial charge in [-0.05, 0) is 42.9 Å². The number of nitrogens with zero attached hydrogens (tertiary/aromatic N) is 7. The number of imidazole rings is 1. The summed E-state index contributed by atoms with van der Waals surface area (Å²) in [7, 11) is 0. The molecule has 44 heavy (non-hydrogen) atoms. The first-order chi connectivity index (χ1) is 20.9. The molecule has 0 aromatic carbocycles. The largest absolute Gasteiger partial charge is 0.460 e. The van der Waals surface area contributed by atoms with Crippen LogP contribution in [0.25, 0.3) is 11.2 Å². The SMILES string of the molecule is C=C[C@]1(C)C[C@@H](OC(=O)Cn2cc(COCn3cnc4c(N)ncnc43)nn2)[C@]2(C)[C@H](C)CC[C@]3(CCC(=O)[C@H]32)[C@@H](C)[C@@H]1O. The maximum atomic E-state index is 13.6. The highest BCUT2D eigenvalue weighted by atomic mass is 16.5. The molecule has 0 radical (unpaired) electrons. The molecular weight excluding hydrogens is 564 g/mol. The maximum absolute atomic E-state index is 13.6. The monoisotopic (exact) mass is 606 g/mol. The number of ether oxygens (including phenoxy) is 2. The number of nitrogen functional groups attached to an aromatic ring is 1. The quantitative estimate of drug-likeness (QED) is 0.285. The number of Topliss-reactive ketones (excluding diaryl/α,β-unsaturated/α-hetero) is 1. The number of ketones is 1. The van der Waals surface area contributed by atoms with Crippen molar-refractivity contribution < 1.29 is 24.2 Å². The molecule has 3 fully saturated rings. The molecule has 8 atom stereocenters. The molecule has 3 aliphatic carbocycles. The second kappa shape index (κ2) is 11.0. The van der Waals surface area contributed by atoms with E-state index in [1.54, 1.807) is 23.2 Å². The molecule has 13 nitrogen and oxygen atoms in total. The Morgan fingerprint density at radius 2 is 2.05 bits per heavy atom. The van der Waals surface area contributed by atoms with Gasteiger partial charge < -0.3 is 20.3 Å². The number of aromatic nitrogens is 7. The summed E-state index contributed by atoms with van der Waals surface area (Å²) in [5, 5.41) is 19.9. The van der Waals surface area contributed by atoms with Crippen molar-refractivity contribution in [2.24, 2.45) is 34.0 Å². The lowest BCUT2D eigenvalue weighted by molar-refractivity contribution is -0.207. The Hall–Kier alpha value is -3.71. The summed E-state index contributed by atoms with van der Waals surface area (Å²) in [5.41, 5.74) is 5.85. The van der Waals surface area contributed by atoms with Crippen LogP contribution in [0.5, 0.6) is 0 Å². The molecule has 2 bridgehead atoms. The minimum Gasteiger partial charge on any atom is -0.460 e. The molecular formula is C31H42N8O5. The average molecular weight is 607 g/mol. The van der Waals surface area contributed by atoms with Gasteiger partial charge in [0.05, 0.1) is 25.2 Å². The second-order valence-electron chi connectivity index (χ2n) is 13.6. The minimum atomic E-state index is -0.712. The molecule has 0 saturated heterocycles. The van der Waals surface area contributed by atoms with Crippen LogP contribution in [0.4, 0.5) is 5.82 Å². The second-order valence-corrected chi connectivity index (χ2v) is 13.6. The lowest BCUT2D eigenvalue weighted by Gasteiger charge is -2.61. The molecule has 3 heterocycles. The van der Waals surface area contributed by atoms with Crippen LogP contribution in [0.15, 0.2) is 31.5 Å². The molecule has 0 unspecified atom stereocenters. The molecule has 6 rings (SSSR count). The topological polar surface area (TPSA) is 173 Å². The lowest BCUT2D eigenvalue weighted by Crippen LogP contribution is -2.63. The Labute approximate surface area is 256 Å². The smallest absolute Gasteiger partial charge is 0.328 e. The van der Waals surface area contributed by atoms with E-state index in [1.165, 1.54) is 11.0 Å². The fourth-order valence-electron chi connectivity index (χ4n) is 8.55. The number of carbonyl (C=O) groups is 2. The Balaban J connectivity index is 1.17. The molecule has 0 amide bonds. The van der Waals surface area contributed by atoms with Gasteiger partial charge in [0.25, 0.3) is 0 Å². The fraction of sp³-hybridized carbons (Fsp3) is 0.645. The summed E-state index contributed by atoms with van der Waals surface area (Å²) < 4.78 is 15.2. The van der Waals surface area contributed by atoms with Gasteiger partial charge in [-0.15, -0.1) is 11.7 Å². The van der Waals surface area contributed by atoms with E-state index in [1.807, 2.05) is 6.92 Å². The van der Waals surface area contributed by atoms with Crippen LogP contribution < -0.4 is 5.73 Å². The van der Waals surface area contributed by atoms with E-state index in [2.05, 4.69) is 52.6 Å². The normalized spacial score (nSPS) is 35.2. The van der Waals surface area contributed by atoms with Crippen LogP contribution in [-0.2, 0) is 38.9 Å². The summed E-state index contributed by atoms with van der Waals surface area (Å²) in [6, 6.07) is 0. The predicted molar refractivity (Wildman–Crippen MR) is 159 cm³/mol. The van der Waals surface area contributed by atoms with Crippen LogP contribution in [-0.4, -0.2) is 63.6 Å². The summed E-state index contributed by atoms with van der Waals surface area (Å²) in [4.78, 5) is 39.4. The van der Waals surface area contributed by atoms with E-state index in [9.17, 15) is 14.7 Å². The standard InChI is InChI=1S/C31H42N8O5/c1-6-29(4)11-22(30(5)18(2)7-9-31(19(3)26(29)42)10-8-21(40)25(30)31)44-23(41)13-39-12-20(36-37-39)14-43-17-38-16-35-24-27(32)33-15-34-28(24)38/h6,12,15-16,18-19,22,25-26,42H,1,7-11,13-14,17H2,2-5H3,(H2,32,33,34)/t18-,19+,22-,25+,26+,29-,30+,31+/m1/s1. The van der Waals surface area contributed by atoms with Crippen molar-refractivity contribution in [1.82, 2.24) is 34.5 Å². The zero-order valence-corrected chi connectivity index (χ0v) is 25.8. The molecule has 3 aromatic rings. The highest BCUT2D eigenvalue weighted by Crippen LogP contribution is 2.68. The summed E-state index contributed by atoms with van der Waals surface area (Å²) in [5.74, 6) is -0.158. The number of rotatable bonds is 8. The van der Waals surface area contributed by atoms with Gasteiger partial charge in [-0.3, -0.25) is 14.2 Å². The van der Waals surface area contributed by atoms with E-state index < -0.39 is 29.0 Å². The third-order valence-electron chi connectivity index (χ3n) is 11.4. The number of aliphatic hydroxyl groups excluding tert-OH is 1. The summed E-state index contributed by atoms with van der Waals surface area (Å²) in [6.45, 7) is 12.6. The number of hydrogen-bond acceptors (Lipinski definition) is 11. The zero-order valence-electron chi connectivity index (χ0n) is 25.8. The molecule has 0 aliphatic heterocycles. The fourth-order valence-corrected chi connectivity index (χ4v) is 8.55. The van der Waals surface area contributed by atoms with Gasteiger partial charge in [0.1, 0.15) is 42.7 Å².